The second-order valence-corrected chi connectivity index (χ2v) is 50.1. The first kappa shape index (κ1) is 67.3. The minimum atomic E-state index is -3.60. The molecule has 0 aromatic heterocycles. The van der Waals surface area contributed by atoms with Gasteiger partial charge in [0, 0.05) is 0 Å². The summed E-state index contributed by atoms with van der Waals surface area (Å²) in [6.07, 6.45) is 0. The molecule has 0 N–H and O–H groups in total. The monoisotopic (exact) mass is 1530 g/mol. The fraction of sp³-hybridized carbons (Fsp3) is 0.140. The van der Waals surface area contributed by atoms with Gasteiger partial charge < -0.3 is 0 Å². The van der Waals surface area contributed by atoms with Crippen LogP contribution >= 0.6 is 28.2 Å². The van der Waals surface area contributed by atoms with E-state index in [1.54, 1.807) is 0 Å². The summed E-state index contributed by atoms with van der Waals surface area (Å²) < 4.78 is 30.9. The van der Waals surface area contributed by atoms with Crippen molar-refractivity contribution in [1.29, 1.82) is 0 Å². The Morgan fingerprint density at radius 1 is 0.200 bits per heavy atom. The topological polar surface area (TPSA) is 49.4 Å². The van der Waals surface area contributed by atoms with Crippen molar-refractivity contribution in [3.8, 4) is 0 Å². The Hall–Kier alpha value is -7.65. The zero-order valence-electron chi connectivity index (χ0n) is 56.8. The average Bonchev–Trinajstić information content (AvgIpc) is 0.694. The molecule has 9 heteroatoms. The average molecular weight is 1540 g/mol. The minimum absolute atomic E-state index is 1.02. The molecule has 472 valence electrons. The molecule has 0 bridgehead atoms. The van der Waals surface area contributed by atoms with Gasteiger partial charge in [0.15, 0.2) is 0 Å². The molecule has 0 amide bonds. The van der Waals surface area contributed by atoms with Crippen molar-refractivity contribution in [3.63, 3.8) is 0 Å². The zero-order valence-corrected chi connectivity index (χ0v) is 64.5. The first-order chi connectivity index (χ1) is 46.0. The van der Waals surface area contributed by atoms with Crippen LogP contribution in [0.15, 0.2) is 310 Å². The van der Waals surface area contributed by atoms with Crippen LogP contribution in [0.2, 0.25) is 0 Å². The van der Waals surface area contributed by atoms with Crippen LogP contribution in [0.1, 0.15) is 66.8 Å². The van der Waals surface area contributed by atoms with Crippen LogP contribution in [-0.2, 0) is 0 Å². The summed E-state index contributed by atoms with van der Waals surface area (Å²) in [4.78, 5) is 0. The van der Waals surface area contributed by atoms with Gasteiger partial charge in [0.25, 0.3) is 0 Å². The molecule has 12 rings (SSSR count). The summed E-state index contributed by atoms with van der Waals surface area (Å²) >= 11 is -3.60. The van der Waals surface area contributed by atoms with Crippen LogP contribution in [0, 0.1) is 110 Å². The summed E-state index contributed by atoms with van der Waals surface area (Å²) in [5, 5.41) is 9.53. The van der Waals surface area contributed by atoms with Gasteiger partial charge in [0.05, 0.1) is 0 Å². The van der Waals surface area contributed by atoms with Crippen LogP contribution in [0.3, 0.4) is 0 Å². The molecular formula is C86H84N4P4U. The van der Waals surface area contributed by atoms with Crippen molar-refractivity contribution in [2.24, 2.45) is 19.0 Å². The maximum atomic E-state index is 6.98. The Balaban J connectivity index is 1.63. The third kappa shape index (κ3) is 13.1. The van der Waals surface area contributed by atoms with Gasteiger partial charge in [-0.3, -0.25) is 0 Å². The summed E-state index contributed by atoms with van der Waals surface area (Å²) in [6, 6.07) is 111. The predicted octanol–water partition coefficient (Wildman–Crippen LogP) is 21.7. The Morgan fingerprint density at radius 3 is 0.453 bits per heavy atom. The molecule has 95 heavy (non-hydrogen) atoms. The molecule has 0 radical (unpaired) electrons. The van der Waals surface area contributed by atoms with Crippen molar-refractivity contribution in [3.05, 3.63) is 358 Å². The van der Waals surface area contributed by atoms with Crippen LogP contribution in [0.5, 0.6) is 0 Å². The van der Waals surface area contributed by atoms with Crippen LogP contribution in [-0.4, -0.2) is 4.01 Å². The van der Waals surface area contributed by atoms with E-state index in [-0.39, 0.29) is 0 Å². The summed E-state index contributed by atoms with van der Waals surface area (Å²) in [5.74, 6) is 0. The number of rotatable bonds is 16. The standard InChI is InChI=1S/2C43H42N2P2.U/c2*1-32-27-34(3)42(35(4)28-32)44-46(38-19-11-7-12-20-38,39-21-13-8-14-22-39)31-47(40-23-15-9-16-24-40,41-25-17-10-18-26-41)45-43-36(5)29-33(2)30-37(43)6;/h2*7-30H,1-6H3;. The molecule has 12 aromatic carbocycles. The summed E-state index contributed by atoms with van der Waals surface area (Å²) in [7, 11) is -13.9. The molecule has 0 saturated carbocycles. The fourth-order valence-electron chi connectivity index (χ4n) is 14.1. The van der Waals surface area contributed by atoms with E-state index in [0.29, 0.717) is 0 Å². The Labute approximate surface area is 579 Å². The maximum absolute atomic E-state index is 6.98. The molecule has 0 aliphatic carbocycles. The van der Waals surface area contributed by atoms with E-state index in [1.165, 1.54) is 68.7 Å². The van der Waals surface area contributed by atoms with E-state index in [9.17, 15) is 0 Å². The number of hydrogen-bond donors (Lipinski definition) is 0. The van der Waals surface area contributed by atoms with Crippen molar-refractivity contribution >= 4 is 97.4 Å². The number of nitrogens with zero attached hydrogens (tertiary/aromatic N) is 4. The third-order valence-corrected chi connectivity index (χ3v) is 56.5. The van der Waals surface area contributed by atoms with E-state index in [2.05, 4.69) is 374 Å². The second kappa shape index (κ2) is 29.0. The summed E-state index contributed by atoms with van der Waals surface area (Å²) in [6.45, 7) is 27.1. The second-order valence-electron chi connectivity index (χ2n) is 25.4. The fourth-order valence-corrected chi connectivity index (χ4v) is 65.0. The van der Waals surface area contributed by atoms with Gasteiger partial charge in [-0.25, -0.2) is 0 Å². The van der Waals surface area contributed by atoms with Gasteiger partial charge >= 0.3 is 584 Å². The molecule has 0 aliphatic heterocycles. The molecule has 0 aliphatic rings. The predicted molar refractivity (Wildman–Crippen MR) is 417 cm³/mol. The van der Waals surface area contributed by atoms with E-state index in [0.717, 1.165) is 67.3 Å². The molecule has 4 nitrogen and oxygen atoms in total. The first-order valence-corrected chi connectivity index (χ1v) is 43.9. The van der Waals surface area contributed by atoms with Gasteiger partial charge in [-0.05, 0) is 0 Å². The van der Waals surface area contributed by atoms with Gasteiger partial charge in [-0.15, -0.1) is 0 Å². The first-order valence-electron chi connectivity index (χ1n) is 32.8. The molecule has 0 fully saturated rings. The van der Waals surface area contributed by atoms with Gasteiger partial charge in [0.1, 0.15) is 0 Å². The quantitative estimate of drug-likeness (QED) is 0.0866. The molecule has 0 heterocycles. The number of hydrogen-bond acceptors (Lipinski definition) is 4. The van der Waals surface area contributed by atoms with E-state index in [4.69, 9.17) is 19.0 Å². The summed E-state index contributed by atoms with van der Waals surface area (Å²) in [5.41, 5.74) is 18.1. The zero-order chi connectivity index (χ0) is 66.5. The number of benzene rings is 12. The van der Waals surface area contributed by atoms with E-state index < -0.39 is 54.9 Å². The van der Waals surface area contributed by atoms with Crippen LogP contribution < -0.4 is 42.4 Å². The van der Waals surface area contributed by atoms with E-state index in [1.807, 2.05) is 0 Å². The third-order valence-electron chi connectivity index (χ3n) is 18.0. The number of aryl methyl sites for hydroxylation is 12. The molecule has 0 atom stereocenters. The molecule has 0 saturated heterocycles. The molecular weight excluding hydrogens is 1450 g/mol. The Morgan fingerprint density at radius 2 is 0.326 bits per heavy atom. The normalized spacial score (nSPS) is 11.7. The van der Waals surface area contributed by atoms with Gasteiger partial charge in [-0.1, -0.05) is 0 Å². The Kier molecular flexibility index (Phi) is 20.5. The molecule has 12 aromatic rings. The SMILES string of the molecule is Cc1cc(C)c(N=P([C](=[U]=[C](P(=Nc2c(C)cc(C)cc2C)(c2ccccc2)c2ccccc2)P(=Nc2c(C)cc(C)cc2C)(c2ccccc2)c2ccccc2)P(=Nc2c(C)cc(C)cc2C)(c2ccccc2)c2ccccc2)(c2ccccc2)c2ccccc2)c(C)c1. The van der Waals surface area contributed by atoms with Crippen LogP contribution in [0.4, 0.5) is 22.7 Å². The Bertz CT molecular complexity index is 4220. The van der Waals surface area contributed by atoms with Crippen molar-refractivity contribution in [2.75, 3.05) is 0 Å². The molecule has 0 spiro atoms. The van der Waals surface area contributed by atoms with Gasteiger partial charge in [0.2, 0.25) is 0 Å². The van der Waals surface area contributed by atoms with Crippen molar-refractivity contribution < 1.29 is 26.7 Å². The van der Waals surface area contributed by atoms with Crippen molar-refractivity contribution in [2.45, 2.75) is 83.1 Å². The molecule has 0 unspecified atom stereocenters. The van der Waals surface area contributed by atoms with Crippen LogP contribution in [0.25, 0.3) is 0 Å². The van der Waals surface area contributed by atoms with Gasteiger partial charge in [-0.2, -0.15) is 0 Å². The van der Waals surface area contributed by atoms with E-state index >= 15 is 0 Å². The van der Waals surface area contributed by atoms with Crippen molar-refractivity contribution in [1.82, 2.24) is 0 Å².